The van der Waals surface area contributed by atoms with E-state index in [-0.39, 0.29) is 18.3 Å². The number of amides is 2. The van der Waals surface area contributed by atoms with E-state index in [1.165, 1.54) is 25.3 Å². The van der Waals surface area contributed by atoms with Crippen LogP contribution in [0.15, 0.2) is 48.5 Å². The number of ether oxygens (including phenoxy) is 2. The number of primary amides is 1. The summed E-state index contributed by atoms with van der Waals surface area (Å²) >= 11 is 0. The fourth-order valence-electron chi connectivity index (χ4n) is 3.74. The van der Waals surface area contributed by atoms with Crippen molar-refractivity contribution in [3.63, 3.8) is 0 Å². The van der Waals surface area contributed by atoms with Gasteiger partial charge in [-0.25, -0.2) is 4.39 Å². The first-order valence-electron chi connectivity index (χ1n) is 9.77. The number of halogens is 1. The predicted octanol–water partition coefficient (Wildman–Crippen LogP) is 3.30. The number of carbonyl (C=O) groups is 2. The van der Waals surface area contributed by atoms with Crippen LogP contribution in [0.4, 0.5) is 4.39 Å². The third kappa shape index (κ3) is 5.17. The van der Waals surface area contributed by atoms with Crippen LogP contribution in [0.3, 0.4) is 0 Å². The Kier molecular flexibility index (Phi) is 6.72. The summed E-state index contributed by atoms with van der Waals surface area (Å²) in [6.07, 6.45) is 6.78. The average molecular weight is 412 g/mol. The van der Waals surface area contributed by atoms with E-state index in [1.54, 1.807) is 36.4 Å². The topological polar surface area (TPSA) is 90.7 Å². The molecular weight excluding hydrogens is 387 g/mol. The molecule has 7 heteroatoms. The molecule has 6 nitrogen and oxygen atoms in total. The van der Waals surface area contributed by atoms with Gasteiger partial charge >= 0.3 is 0 Å². The van der Waals surface area contributed by atoms with Crippen molar-refractivity contribution in [1.82, 2.24) is 5.32 Å². The lowest BCUT2D eigenvalue weighted by Crippen LogP contribution is -2.43. The molecule has 0 bridgehead atoms. The van der Waals surface area contributed by atoms with Crippen LogP contribution in [-0.2, 0) is 15.1 Å². The van der Waals surface area contributed by atoms with Crippen LogP contribution < -0.4 is 20.5 Å². The van der Waals surface area contributed by atoms with E-state index in [9.17, 15) is 14.0 Å². The van der Waals surface area contributed by atoms with Gasteiger partial charge < -0.3 is 20.5 Å². The third-order valence-corrected chi connectivity index (χ3v) is 5.20. The molecule has 0 aliphatic heterocycles. The van der Waals surface area contributed by atoms with E-state index >= 15 is 0 Å². The monoisotopic (exact) mass is 412 g/mol. The maximum absolute atomic E-state index is 13.3. The fraction of sp³-hybridized carbons (Fsp3) is 0.304. The second kappa shape index (κ2) is 9.43. The minimum atomic E-state index is -0.584. The number of hydrogen-bond donors (Lipinski definition) is 2. The van der Waals surface area contributed by atoms with Crippen LogP contribution in [0.2, 0.25) is 0 Å². The molecule has 0 heterocycles. The standard InChI is InChI=1S/C23H25FN2O4/c1-29-20-14-16(4-10-19(20)30-15-21(25)27)5-11-22(28)26-23(12-2-3-13-23)17-6-8-18(24)9-7-17/h4-11,14H,2-3,12-13,15H2,1H3,(H2,25,27)(H,26,28). The summed E-state index contributed by atoms with van der Waals surface area (Å²) in [5.74, 6) is -0.291. The van der Waals surface area contributed by atoms with Crippen molar-refractivity contribution in [2.75, 3.05) is 13.7 Å². The van der Waals surface area contributed by atoms with Gasteiger partial charge in [0.1, 0.15) is 5.82 Å². The van der Waals surface area contributed by atoms with Gasteiger partial charge in [-0.15, -0.1) is 0 Å². The van der Waals surface area contributed by atoms with Crippen LogP contribution in [0.25, 0.3) is 6.08 Å². The molecule has 1 aliphatic carbocycles. The number of rotatable bonds is 8. The van der Waals surface area contributed by atoms with E-state index in [2.05, 4.69) is 5.32 Å². The SMILES string of the molecule is COc1cc(C=CC(=O)NC2(c3ccc(F)cc3)CCCC2)ccc1OCC(N)=O. The predicted molar refractivity (Wildman–Crippen MR) is 111 cm³/mol. The highest BCUT2D eigenvalue weighted by Gasteiger charge is 2.36. The zero-order valence-electron chi connectivity index (χ0n) is 16.8. The smallest absolute Gasteiger partial charge is 0.255 e. The summed E-state index contributed by atoms with van der Waals surface area (Å²) in [5.41, 5.74) is 6.27. The maximum atomic E-state index is 13.3. The van der Waals surface area contributed by atoms with Crippen molar-refractivity contribution in [2.45, 2.75) is 31.2 Å². The zero-order chi connectivity index (χ0) is 21.6. The van der Waals surface area contributed by atoms with E-state index in [4.69, 9.17) is 15.2 Å². The van der Waals surface area contributed by atoms with Gasteiger partial charge in [0.25, 0.3) is 5.91 Å². The summed E-state index contributed by atoms with van der Waals surface area (Å²) in [6.45, 7) is -0.251. The molecule has 0 unspecified atom stereocenters. The molecule has 0 saturated heterocycles. The second-order valence-electron chi connectivity index (χ2n) is 7.28. The molecule has 0 radical (unpaired) electrons. The van der Waals surface area contributed by atoms with Crippen molar-refractivity contribution in [1.29, 1.82) is 0 Å². The average Bonchev–Trinajstić information content (AvgIpc) is 3.20. The lowest BCUT2D eigenvalue weighted by atomic mass is 9.88. The minimum absolute atomic E-state index is 0.228. The van der Waals surface area contributed by atoms with Crippen molar-refractivity contribution in [3.05, 3.63) is 65.5 Å². The van der Waals surface area contributed by atoms with Gasteiger partial charge in [0.05, 0.1) is 12.6 Å². The number of benzene rings is 2. The number of nitrogens with two attached hydrogens (primary N) is 1. The van der Waals surface area contributed by atoms with Crippen molar-refractivity contribution < 1.29 is 23.5 Å². The number of carbonyl (C=O) groups excluding carboxylic acids is 2. The Labute approximate surface area is 174 Å². The molecule has 2 amide bonds. The quantitative estimate of drug-likeness (QED) is 0.651. The van der Waals surface area contributed by atoms with E-state index in [1.807, 2.05) is 0 Å². The summed E-state index contributed by atoms with van der Waals surface area (Å²) in [7, 11) is 1.49. The Bertz CT molecular complexity index is 935. The second-order valence-corrected chi connectivity index (χ2v) is 7.28. The molecule has 30 heavy (non-hydrogen) atoms. The summed E-state index contributed by atoms with van der Waals surface area (Å²) < 4.78 is 23.9. The molecule has 0 atom stereocenters. The van der Waals surface area contributed by atoms with Gasteiger partial charge in [-0.3, -0.25) is 9.59 Å². The molecule has 2 aromatic rings. The molecule has 1 fully saturated rings. The Hall–Kier alpha value is -3.35. The molecule has 3 rings (SSSR count). The Morgan fingerprint density at radius 3 is 2.47 bits per heavy atom. The van der Waals surface area contributed by atoms with E-state index in [0.717, 1.165) is 36.8 Å². The summed E-state index contributed by atoms with van der Waals surface area (Å²) in [4.78, 5) is 23.5. The molecule has 0 aromatic heterocycles. The number of hydrogen-bond acceptors (Lipinski definition) is 4. The van der Waals surface area contributed by atoms with E-state index in [0.29, 0.717) is 11.5 Å². The Morgan fingerprint density at radius 2 is 1.83 bits per heavy atom. The first-order valence-corrected chi connectivity index (χ1v) is 9.77. The van der Waals surface area contributed by atoms with Gasteiger partial charge in [0.15, 0.2) is 18.1 Å². The number of methoxy groups -OCH3 is 1. The van der Waals surface area contributed by atoms with Gasteiger partial charge in [0.2, 0.25) is 5.91 Å². The first kappa shape index (κ1) is 21.4. The Balaban J connectivity index is 1.71. The fourth-order valence-corrected chi connectivity index (χ4v) is 3.74. The normalized spacial score (nSPS) is 15.1. The summed E-state index contributed by atoms with van der Waals surface area (Å²) in [6, 6.07) is 11.4. The molecule has 1 saturated carbocycles. The lowest BCUT2D eigenvalue weighted by Gasteiger charge is -2.30. The lowest BCUT2D eigenvalue weighted by molar-refractivity contribution is -0.120. The highest BCUT2D eigenvalue weighted by atomic mass is 19.1. The molecular formula is C23H25FN2O4. The summed E-state index contributed by atoms with van der Waals surface area (Å²) in [5, 5.41) is 3.12. The molecule has 1 aliphatic rings. The van der Waals surface area contributed by atoms with Crippen LogP contribution in [0, 0.1) is 5.82 Å². The highest BCUT2D eigenvalue weighted by Crippen LogP contribution is 2.38. The van der Waals surface area contributed by atoms with Crippen molar-refractivity contribution >= 4 is 17.9 Å². The third-order valence-electron chi connectivity index (χ3n) is 5.20. The zero-order valence-corrected chi connectivity index (χ0v) is 16.8. The highest BCUT2D eigenvalue weighted by molar-refractivity contribution is 5.92. The Morgan fingerprint density at radius 1 is 1.13 bits per heavy atom. The molecule has 158 valence electrons. The molecule has 3 N–H and O–H groups in total. The van der Waals surface area contributed by atoms with Gasteiger partial charge in [0, 0.05) is 6.08 Å². The number of nitrogens with one attached hydrogen (secondary N) is 1. The van der Waals surface area contributed by atoms with Crippen molar-refractivity contribution in [3.8, 4) is 11.5 Å². The minimum Gasteiger partial charge on any atom is -0.493 e. The van der Waals surface area contributed by atoms with Gasteiger partial charge in [-0.2, -0.15) is 0 Å². The molecule has 2 aromatic carbocycles. The largest absolute Gasteiger partial charge is 0.493 e. The first-order chi connectivity index (χ1) is 14.4. The van der Waals surface area contributed by atoms with Crippen molar-refractivity contribution in [2.24, 2.45) is 5.73 Å². The van der Waals surface area contributed by atoms with Gasteiger partial charge in [-0.05, 0) is 54.3 Å². The van der Waals surface area contributed by atoms with Crippen LogP contribution in [0.5, 0.6) is 11.5 Å². The van der Waals surface area contributed by atoms with Crippen LogP contribution in [-0.4, -0.2) is 25.5 Å². The maximum Gasteiger partial charge on any atom is 0.255 e. The van der Waals surface area contributed by atoms with Gasteiger partial charge in [-0.1, -0.05) is 31.0 Å². The van der Waals surface area contributed by atoms with E-state index < -0.39 is 11.4 Å². The van der Waals surface area contributed by atoms with Crippen LogP contribution in [0.1, 0.15) is 36.8 Å². The molecule has 0 spiro atoms. The van der Waals surface area contributed by atoms with Crippen LogP contribution >= 0.6 is 0 Å².